The third-order valence-electron chi connectivity index (χ3n) is 2.26. The van der Waals surface area contributed by atoms with Gasteiger partial charge in [-0.25, -0.2) is 9.97 Å². The van der Waals surface area contributed by atoms with Crippen LogP contribution < -0.4 is 5.73 Å². The number of hydrogen-bond acceptors (Lipinski definition) is 3. The van der Waals surface area contributed by atoms with Gasteiger partial charge in [-0.15, -0.1) is 0 Å². The van der Waals surface area contributed by atoms with Gasteiger partial charge in [0.2, 0.25) is 0 Å². The smallest absolute Gasteiger partial charge is 0.0952 e. The summed E-state index contributed by atoms with van der Waals surface area (Å²) in [6, 6.07) is 0. The largest absolute Gasteiger partial charge is 0.336 e. The molecule has 2 aromatic heterocycles. The van der Waals surface area contributed by atoms with Gasteiger partial charge in [-0.1, -0.05) is 0 Å². The first-order valence-corrected chi connectivity index (χ1v) is 4.45. The summed E-state index contributed by atoms with van der Waals surface area (Å²) in [7, 11) is 1.97. The topological polar surface area (TPSA) is 61.7 Å². The summed E-state index contributed by atoms with van der Waals surface area (Å²) in [5.41, 5.74) is 7.75. The van der Waals surface area contributed by atoms with Crippen LogP contribution in [0.1, 0.15) is 11.4 Å². The van der Waals surface area contributed by atoms with E-state index in [0.717, 1.165) is 17.9 Å². The van der Waals surface area contributed by atoms with E-state index >= 15 is 0 Å². The van der Waals surface area contributed by atoms with Crippen LogP contribution in [0.4, 0.5) is 0 Å². The highest BCUT2D eigenvalue weighted by atomic mass is 15.1. The fourth-order valence-electron chi connectivity index (χ4n) is 1.37. The highest BCUT2D eigenvalue weighted by Gasteiger charge is 2.03. The molecule has 0 saturated heterocycles. The first-order valence-electron chi connectivity index (χ1n) is 4.45. The highest BCUT2D eigenvalue weighted by molar-refractivity contribution is 5.04. The first-order chi connectivity index (χ1) is 6.81. The Morgan fingerprint density at radius 2 is 1.93 bits per heavy atom. The highest BCUT2D eigenvalue weighted by Crippen LogP contribution is 2.04. The quantitative estimate of drug-likeness (QED) is 0.749. The molecule has 5 heteroatoms. The lowest BCUT2D eigenvalue weighted by atomic mass is 10.4. The lowest BCUT2D eigenvalue weighted by molar-refractivity contribution is 0.690. The van der Waals surface area contributed by atoms with Crippen LogP contribution in [-0.2, 0) is 20.1 Å². The Kier molecular flexibility index (Phi) is 2.32. The van der Waals surface area contributed by atoms with Crippen molar-refractivity contribution >= 4 is 0 Å². The summed E-state index contributed by atoms with van der Waals surface area (Å²) in [6.45, 7) is 1.28. The van der Waals surface area contributed by atoms with Crippen LogP contribution in [-0.4, -0.2) is 19.1 Å². The Morgan fingerprint density at radius 3 is 2.57 bits per heavy atom. The average Bonchev–Trinajstić information content (AvgIpc) is 2.77. The van der Waals surface area contributed by atoms with Gasteiger partial charge in [0.25, 0.3) is 0 Å². The van der Waals surface area contributed by atoms with Crippen molar-refractivity contribution in [1.82, 2.24) is 19.1 Å². The average molecular weight is 191 g/mol. The molecule has 0 fully saturated rings. The van der Waals surface area contributed by atoms with E-state index in [-0.39, 0.29) is 0 Å². The molecule has 0 aliphatic rings. The number of nitrogens with zero attached hydrogens (tertiary/aromatic N) is 4. The number of aromatic nitrogens is 4. The second kappa shape index (κ2) is 3.63. The minimum absolute atomic E-state index is 0.512. The molecular formula is C9H13N5. The SMILES string of the molecule is Cn1cncc1Cn1cncc1CN. The zero-order chi connectivity index (χ0) is 9.97. The van der Waals surface area contributed by atoms with E-state index in [2.05, 4.69) is 9.97 Å². The Morgan fingerprint density at radius 1 is 1.21 bits per heavy atom. The van der Waals surface area contributed by atoms with Crippen molar-refractivity contribution in [2.75, 3.05) is 0 Å². The van der Waals surface area contributed by atoms with E-state index in [0.29, 0.717) is 6.54 Å². The second-order valence-electron chi connectivity index (χ2n) is 3.21. The van der Waals surface area contributed by atoms with Crippen molar-refractivity contribution < 1.29 is 0 Å². The summed E-state index contributed by atoms with van der Waals surface area (Å²) >= 11 is 0. The van der Waals surface area contributed by atoms with Crippen LogP contribution in [0.2, 0.25) is 0 Å². The molecule has 0 bridgehead atoms. The Labute approximate surface area is 82.2 Å². The zero-order valence-corrected chi connectivity index (χ0v) is 8.09. The van der Waals surface area contributed by atoms with E-state index in [9.17, 15) is 0 Å². The van der Waals surface area contributed by atoms with Crippen LogP contribution in [0.25, 0.3) is 0 Å². The van der Waals surface area contributed by atoms with E-state index < -0.39 is 0 Å². The minimum atomic E-state index is 0.512. The first kappa shape index (κ1) is 8.96. The molecule has 0 unspecified atom stereocenters. The van der Waals surface area contributed by atoms with E-state index in [1.807, 2.05) is 22.4 Å². The van der Waals surface area contributed by atoms with Crippen molar-refractivity contribution in [3.63, 3.8) is 0 Å². The molecule has 0 radical (unpaired) electrons. The normalized spacial score (nSPS) is 10.7. The van der Waals surface area contributed by atoms with Gasteiger partial charge in [-0.3, -0.25) is 0 Å². The van der Waals surface area contributed by atoms with E-state index in [1.165, 1.54) is 0 Å². The molecule has 0 spiro atoms. The lowest BCUT2D eigenvalue weighted by Crippen LogP contribution is -2.09. The maximum absolute atomic E-state index is 5.58. The third-order valence-corrected chi connectivity index (χ3v) is 2.26. The van der Waals surface area contributed by atoms with Gasteiger partial charge in [0.05, 0.1) is 30.6 Å². The molecule has 2 N–H and O–H groups in total. The summed E-state index contributed by atoms with van der Waals surface area (Å²) < 4.78 is 4.01. The molecule has 0 aliphatic heterocycles. The van der Waals surface area contributed by atoms with Gasteiger partial charge in [-0.05, 0) is 0 Å². The zero-order valence-electron chi connectivity index (χ0n) is 8.09. The van der Waals surface area contributed by atoms with Gasteiger partial charge in [0, 0.05) is 26.0 Å². The predicted molar refractivity (Wildman–Crippen MR) is 52.4 cm³/mol. The maximum atomic E-state index is 5.58. The van der Waals surface area contributed by atoms with Crippen LogP contribution in [0.3, 0.4) is 0 Å². The summed E-state index contributed by atoms with van der Waals surface area (Å²) in [6.07, 6.45) is 7.21. The molecule has 14 heavy (non-hydrogen) atoms. The van der Waals surface area contributed by atoms with Gasteiger partial charge < -0.3 is 14.9 Å². The van der Waals surface area contributed by atoms with Crippen LogP contribution in [0.5, 0.6) is 0 Å². The van der Waals surface area contributed by atoms with Crippen LogP contribution in [0, 0.1) is 0 Å². The molecule has 0 saturated carbocycles. The molecule has 0 amide bonds. The number of rotatable bonds is 3. The number of nitrogens with two attached hydrogens (primary N) is 1. The Balaban J connectivity index is 2.22. The predicted octanol–water partition coefficient (Wildman–Crippen LogP) is 0.124. The molecule has 0 aromatic carbocycles. The van der Waals surface area contributed by atoms with Crippen molar-refractivity contribution in [3.05, 3.63) is 36.4 Å². The molecule has 2 heterocycles. The third kappa shape index (κ3) is 1.54. The van der Waals surface area contributed by atoms with Gasteiger partial charge in [0.15, 0.2) is 0 Å². The molecule has 2 aromatic rings. The minimum Gasteiger partial charge on any atom is -0.336 e. The monoisotopic (exact) mass is 191 g/mol. The fourth-order valence-corrected chi connectivity index (χ4v) is 1.37. The second-order valence-corrected chi connectivity index (χ2v) is 3.21. The molecule has 0 atom stereocenters. The molecule has 74 valence electrons. The number of imidazole rings is 2. The molecule has 0 aliphatic carbocycles. The molecular weight excluding hydrogens is 178 g/mol. The van der Waals surface area contributed by atoms with Crippen molar-refractivity contribution in [3.8, 4) is 0 Å². The van der Waals surface area contributed by atoms with Crippen molar-refractivity contribution in [2.24, 2.45) is 12.8 Å². The van der Waals surface area contributed by atoms with Gasteiger partial charge >= 0.3 is 0 Å². The van der Waals surface area contributed by atoms with Gasteiger partial charge in [0.1, 0.15) is 0 Å². The number of aryl methyl sites for hydroxylation is 1. The summed E-state index contributed by atoms with van der Waals surface area (Å²) in [5.74, 6) is 0. The van der Waals surface area contributed by atoms with Crippen LogP contribution >= 0.6 is 0 Å². The summed E-state index contributed by atoms with van der Waals surface area (Å²) in [5, 5.41) is 0. The van der Waals surface area contributed by atoms with Crippen molar-refractivity contribution in [1.29, 1.82) is 0 Å². The van der Waals surface area contributed by atoms with Gasteiger partial charge in [-0.2, -0.15) is 0 Å². The fraction of sp³-hybridized carbons (Fsp3) is 0.333. The molecule has 5 nitrogen and oxygen atoms in total. The standard InChI is InChI=1S/C9H13N5/c1-13-6-11-4-9(13)5-14-7-12-3-8(14)2-10/h3-4,6-7H,2,5,10H2,1H3. The molecule has 2 rings (SSSR count). The van der Waals surface area contributed by atoms with E-state index in [1.54, 1.807) is 18.9 Å². The summed E-state index contributed by atoms with van der Waals surface area (Å²) in [4.78, 5) is 8.11. The maximum Gasteiger partial charge on any atom is 0.0952 e. The lowest BCUT2D eigenvalue weighted by Gasteiger charge is -2.06. The Hall–Kier alpha value is -1.62. The number of hydrogen-bond donors (Lipinski definition) is 1. The van der Waals surface area contributed by atoms with Crippen molar-refractivity contribution in [2.45, 2.75) is 13.1 Å². The Bertz CT molecular complexity index is 414. The van der Waals surface area contributed by atoms with E-state index in [4.69, 9.17) is 5.73 Å². The van der Waals surface area contributed by atoms with Crippen LogP contribution in [0.15, 0.2) is 25.0 Å².